The summed E-state index contributed by atoms with van der Waals surface area (Å²) in [6.45, 7) is 64.1. The molecule has 0 aliphatic heterocycles. The van der Waals surface area contributed by atoms with E-state index in [4.69, 9.17) is 13.9 Å². The summed E-state index contributed by atoms with van der Waals surface area (Å²) >= 11 is 3.75. The van der Waals surface area contributed by atoms with E-state index in [2.05, 4.69) is 211 Å². The maximum atomic E-state index is 11.8. The van der Waals surface area contributed by atoms with Crippen LogP contribution in [0.15, 0.2) is 252 Å². The number of carbonyl (C=O) groups is 3. The Morgan fingerprint density at radius 1 is 0.402 bits per heavy atom. The van der Waals surface area contributed by atoms with Crippen LogP contribution in [0.4, 0.5) is 5.69 Å². The Morgan fingerprint density at radius 3 is 1.43 bits per heavy atom. The Morgan fingerprint density at radius 2 is 0.852 bits per heavy atom. The SMILES string of the molecule is CC.CC.CC.CC.CC.CC.CC.CCC(C)(C)C(=O)Nc1ccccc1.CCC(C)(C)C(=O)OCCc1ccccc1.CCC(C)(C)C(=O)Oc1ccccc1.CCC(C)c1ccc2c(c1)oc1ccccc12.CCC(C)c1ccc2sccc2c1.CCC(C)c1cccc2[nH]c3ccccc3c12.CCC(C)c1cccc2c1sc1ccccc12. The average molecular weight is 1690 g/mol. The first-order valence-corrected chi connectivity index (χ1v) is 47.7. The molecule has 122 heavy (non-hydrogen) atoms. The van der Waals surface area contributed by atoms with E-state index in [1.165, 1.54) is 110 Å². The maximum Gasteiger partial charge on any atom is 0.316 e. The van der Waals surface area contributed by atoms with Crippen molar-refractivity contribution in [2.45, 2.75) is 290 Å². The van der Waals surface area contributed by atoms with Gasteiger partial charge in [0.15, 0.2) is 0 Å². The van der Waals surface area contributed by atoms with Crippen LogP contribution >= 0.6 is 22.7 Å². The molecule has 0 saturated carbocycles. The van der Waals surface area contributed by atoms with Crippen molar-refractivity contribution >= 4 is 120 Å². The molecule has 0 spiro atoms. The topological polar surface area (TPSA) is 111 Å². The summed E-state index contributed by atoms with van der Waals surface area (Å²) in [5, 5.41) is 14.4. The molecule has 0 fully saturated rings. The fourth-order valence-corrected chi connectivity index (χ4v) is 14.0. The van der Waals surface area contributed by atoms with Gasteiger partial charge in [0.1, 0.15) is 16.9 Å². The fourth-order valence-electron chi connectivity index (χ4n) is 11.9. The summed E-state index contributed by atoms with van der Waals surface area (Å²) in [6, 6.07) is 83.1. The monoisotopic (exact) mass is 1690 g/mol. The van der Waals surface area contributed by atoms with E-state index in [0.717, 1.165) is 49.0 Å². The Kier molecular flexibility index (Phi) is 55.0. The lowest BCUT2D eigenvalue weighted by Crippen LogP contribution is -2.29. The van der Waals surface area contributed by atoms with E-state index < -0.39 is 5.41 Å². The molecular formula is C112H158N2O6S2. The molecular weight excluding hydrogens is 1530 g/mol. The highest BCUT2D eigenvalue weighted by Gasteiger charge is 2.29. The second-order valence-electron chi connectivity index (χ2n) is 30.2. The van der Waals surface area contributed by atoms with Gasteiger partial charge in [-0.1, -0.05) is 363 Å². The fraction of sp³-hybridized carbons (Fsp3) is 0.420. The van der Waals surface area contributed by atoms with Crippen LogP contribution in [0, 0.1) is 16.2 Å². The number of fused-ring (bicyclic) bond motifs is 10. The average Bonchev–Trinajstić information content (AvgIpc) is 1.61. The zero-order valence-corrected chi connectivity index (χ0v) is 82.7. The number of amides is 1. The predicted molar refractivity (Wildman–Crippen MR) is 545 cm³/mol. The van der Waals surface area contributed by atoms with E-state index in [1.54, 1.807) is 12.1 Å². The maximum absolute atomic E-state index is 11.8. The molecule has 4 unspecified atom stereocenters. The molecule has 8 nitrogen and oxygen atoms in total. The third-order valence-electron chi connectivity index (χ3n) is 21.3. The van der Waals surface area contributed by atoms with E-state index in [0.29, 0.717) is 36.0 Å². The Hall–Kier alpha value is -9.61. The number of benzene rings is 10. The molecule has 14 rings (SSSR count). The van der Waals surface area contributed by atoms with Crippen LogP contribution < -0.4 is 10.1 Å². The largest absolute Gasteiger partial charge is 0.465 e. The Balaban J connectivity index is 0.000000695. The van der Waals surface area contributed by atoms with E-state index in [1.807, 2.05) is 273 Å². The van der Waals surface area contributed by atoms with Crippen LogP contribution in [0.5, 0.6) is 5.75 Å². The molecule has 664 valence electrons. The van der Waals surface area contributed by atoms with Crippen LogP contribution in [0.25, 0.3) is 74.0 Å². The van der Waals surface area contributed by atoms with E-state index in [-0.39, 0.29) is 28.7 Å². The minimum atomic E-state index is -0.407. The number of hydrogen-bond donors (Lipinski definition) is 2. The molecule has 1 amide bonds. The highest BCUT2D eigenvalue weighted by atomic mass is 32.1. The molecule has 10 heteroatoms. The van der Waals surface area contributed by atoms with Gasteiger partial charge < -0.3 is 24.2 Å². The van der Waals surface area contributed by atoms with Crippen molar-refractivity contribution in [3.8, 4) is 5.75 Å². The molecule has 0 aliphatic carbocycles. The third kappa shape index (κ3) is 34.2. The number of furan rings is 1. The number of aromatic amines is 1. The molecule has 4 aromatic heterocycles. The molecule has 0 radical (unpaired) electrons. The van der Waals surface area contributed by atoms with Gasteiger partial charge in [0.25, 0.3) is 0 Å². The number of rotatable bonds is 19. The van der Waals surface area contributed by atoms with Gasteiger partial charge in [-0.25, -0.2) is 0 Å². The first-order valence-electron chi connectivity index (χ1n) is 46.0. The highest BCUT2D eigenvalue weighted by molar-refractivity contribution is 7.26. The lowest BCUT2D eigenvalue weighted by molar-refractivity contribution is -0.154. The molecule has 0 saturated heterocycles. The normalized spacial score (nSPS) is 11.3. The van der Waals surface area contributed by atoms with Gasteiger partial charge in [0.05, 0.1) is 17.4 Å². The first kappa shape index (κ1) is 110. The minimum Gasteiger partial charge on any atom is -0.465 e. The van der Waals surface area contributed by atoms with E-state index >= 15 is 0 Å². The lowest BCUT2D eigenvalue weighted by Gasteiger charge is -2.21. The number of ether oxygens (including phenoxy) is 2. The molecule has 4 atom stereocenters. The third-order valence-corrected chi connectivity index (χ3v) is 23.5. The lowest BCUT2D eigenvalue weighted by atomic mass is 9.89. The van der Waals surface area contributed by atoms with Crippen LogP contribution in [0.3, 0.4) is 0 Å². The van der Waals surface area contributed by atoms with Gasteiger partial charge in [-0.15, -0.1) is 22.7 Å². The van der Waals surface area contributed by atoms with Gasteiger partial charge in [0, 0.05) is 75.0 Å². The van der Waals surface area contributed by atoms with Gasteiger partial charge in [-0.05, 0) is 202 Å². The number of esters is 2. The van der Waals surface area contributed by atoms with Crippen molar-refractivity contribution in [1.29, 1.82) is 0 Å². The van der Waals surface area contributed by atoms with Crippen LogP contribution in [0.2, 0.25) is 0 Å². The second-order valence-corrected chi connectivity index (χ2v) is 32.2. The van der Waals surface area contributed by atoms with Crippen molar-refractivity contribution in [3.63, 3.8) is 0 Å². The molecule has 0 aliphatic rings. The Bertz CT molecular complexity index is 5030. The van der Waals surface area contributed by atoms with Gasteiger partial charge in [-0.2, -0.15) is 0 Å². The molecule has 0 bridgehead atoms. The number of para-hydroxylation sites is 4. The van der Waals surface area contributed by atoms with Crippen LogP contribution in [-0.4, -0.2) is 29.4 Å². The van der Waals surface area contributed by atoms with Gasteiger partial charge in [0.2, 0.25) is 5.91 Å². The van der Waals surface area contributed by atoms with Gasteiger partial charge in [-0.3, -0.25) is 14.4 Å². The zero-order chi connectivity index (χ0) is 92.0. The predicted octanol–water partition coefficient (Wildman–Crippen LogP) is 36.4. The molecule has 10 aromatic carbocycles. The number of hydrogen-bond acceptors (Lipinski definition) is 8. The van der Waals surface area contributed by atoms with Crippen molar-refractivity contribution < 1.29 is 28.3 Å². The number of nitrogens with one attached hydrogen (secondary N) is 2. The molecule has 14 aromatic rings. The first-order chi connectivity index (χ1) is 58.9. The van der Waals surface area contributed by atoms with E-state index in [9.17, 15) is 14.4 Å². The number of carbonyl (C=O) groups excluding carboxylic acids is 3. The smallest absolute Gasteiger partial charge is 0.316 e. The summed E-state index contributed by atoms with van der Waals surface area (Å²) in [5.41, 5.74) is 11.3. The van der Waals surface area contributed by atoms with Gasteiger partial charge >= 0.3 is 11.9 Å². The summed E-state index contributed by atoms with van der Waals surface area (Å²) in [6.07, 6.45) is 7.96. The van der Waals surface area contributed by atoms with Crippen molar-refractivity contribution in [3.05, 3.63) is 276 Å². The van der Waals surface area contributed by atoms with Crippen molar-refractivity contribution in [2.75, 3.05) is 11.9 Å². The summed E-state index contributed by atoms with van der Waals surface area (Å²) in [7, 11) is 0. The standard InChI is InChI=1S/C16H17N.C16H16O.C16H16S.C14H20O2.C12H17NO.C12H16O2.C12H14S.7C2H6/c1-3-11(2)12-8-6-10-15-16(12)13-7-4-5-9-14(13)17-15;1-3-11(2)12-8-9-14-13-6-4-5-7-15(13)17-16(14)10-12;1-3-11(2)12-8-6-9-14-13-7-4-5-10-15(13)17-16(12)14;1-4-14(2,3)13(15)16-11-10-12-8-6-5-7-9-12;1-4-12(2,3)11(14)13-10-8-6-5-7-9-10;1-4-12(2,3)11(13)14-10-8-6-5-7-9-10;1-3-9(2)10-4-5-12-11(8-10)6-7-13-12;7*1-2/h4-11,17H,3H2,1-2H3;2*4-11H,3H2,1-2H3;5-9H,4,10-11H2,1-3H3;5-9H,4H2,1-3H3,(H,13,14);5-9H,4H2,1-3H3;4-9H,3H2,1-2H3;7*1-2H3. The van der Waals surface area contributed by atoms with Crippen molar-refractivity contribution in [2.24, 2.45) is 16.2 Å². The quantitative estimate of drug-likeness (QED) is 0.0616. The molecule has 4 heterocycles. The van der Waals surface area contributed by atoms with Crippen LogP contribution in [-0.2, 0) is 25.5 Å². The second kappa shape index (κ2) is 60.8. The number of thiophene rings is 2. The van der Waals surface area contributed by atoms with Crippen molar-refractivity contribution in [1.82, 2.24) is 4.98 Å². The summed E-state index contributed by atoms with van der Waals surface area (Å²) in [5.74, 6) is 2.93. The molecule has 2 N–H and O–H groups in total. The number of H-pyrrole nitrogens is 1. The number of anilines is 1. The number of aromatic nitrogens is 1. The van der Waals surface area contributed by atoms with Crippen LogP contribution in [0.1, 0.15) is 311 Å². The summed E-state index contributed by atoms with van der Waals surface area (Å²) in [4.78, 5) is 38.6. The highest BCUT2D eigenvalue weighted by Crippen LogP contribution is 2.40. The zero-order valence-electron chi connectivity index (χ0n) is 81.1. The Labute approximate surface area is 747 Å². The minimum absolute atomic E-state index is 0.0752. The summed E-state index contributed by atoms with van der Waals surface area (Å²) < 4.78 is 20.7.